The molecule has 3 nitrogen and oxygen atoms in total. The van der Waals surface area contributed by atoms with Crippen LogP contribution in [0.15, 0.2) is 24.3 Å². The summed E-state index contributed by atoms with van der Waals surface area (Å²) in [5, 5.41) is 0.567. The van der Waals surface area contributed by atoms with Gasteiger partial charge in [-0.2, -0.15) is 13.2 Å². The van der Waals surface area contributed by atoms with Crippen LogP contribution in [-0.2, 0) is 6.18 Å². The van der Waals surface area contributed by atoms with E-state index in [-0.39, 0.29) is 18.0 Å². The van der Waals surface area contributed by atoms with Crippen LogP contribution in [0, 0.1) is 12.8 Å². The first-order valence-corrected chi connectivity index (χ1v) is 9.89. The maximum atomic E-state index is 13.2. The molecule has 1 aromatic heterocycles. The fraction of sp³-hybridized carbons (Fsp3) is 0.500. The summed E-state index contributed by atoms with van der Waals surface area (Å²) in [6.07, 6.45) is -2.32. The van der Waals surface area contributed by atoms with Crippen LogP contribution in [0.25, 0.3) is 10.6 Å². The second-order valence-corrected chi connectivity index (χ2v) is 8.44. The number of amides is 1. The van der Waals surface area contributed by atoms with Gasteiger partial charge in [0.05, 0.1) is 11.3 Å². The van der Waals surface area contributed by atoms with Crippen LogP contribution in [0.4, 0.5) is 13.2 Å². The molecule has 1 amide bonds. The van der Waals surface area contributed by atoms with Crippen molar-refractivity contribution in [3.63, 3.8) is 0 Å². The van der Waals surface area contributed by atoms with E-state index in [0.29, 0.717) is 27.1 Å². The predicted molar refractivity (Wildman–Crippen MR) is 101 cm³/mol. The Morgan fingerprint density at radius 3 is 2.26 bits per heavy atom. The van der Waals surface area contributed by atoms with Crippen molar-refractivity contribution in [1.82, 2.24) is 9.88 Å². The lowest BCUT2D eigenvalue weighted by Crippen LogP contribution is -2.43. The normalized spacial score (nSPS) is 15.9. The van der Waals surface area contributed by atoms with Gasteiger partial charge in [0.25, 0.3) is 5.91 Å². The minimum atomic E-state index is -4.36. The van der Waals surface area contributed by atoms with Gasteiger partial charge in [-0.15, -0.1) is 11.3 Å². The molecule has 0 spiro atoms. The molecule has 0 radical (unpaired) electrons. The molecule has 0 saturated heterocycles. The Labute approximate surface area is 161 Å². The summed E-state index contributed by atoms with van der Waals surface area (Å²) >= 11 is 1.25. The molecule has 27 heavy (non-hydrogen) atoms. The standard InChI is InChI=1S/C20H23F3N2OS/c1-11(2)13(4)25(16-9-10-16)19(26)17-12(3)24-18(27-17)14-5-7-15(8-6-14)20(21,22)23/h5-8,11,13,16H,9-10H2,1-4H3. The molecule has 1 aromatic carbocycles. The number of aromatic nitrogens is 1. The third kappa shape index (κ3) is 4.18. The molecule has 1 atom stereocenters. The van der Waals surface area contributed by atoms with Gasteiger partial charge >= 0.3 is 6.18 Å². The summed E-state index contributed by atoms with van der Waals surface area (Å²) in [7, 11) is 0. The van der Waals surface area contributed by atoms with Gasteiger partial charge in [0.2, 0.25) is 0 Å². The minimum Gasteiger partial charge on any atom is -0.332 e. The second-order valence-electron chi connectivity index (χ2n) is 7.44. The Bertz CT molecular complexity index is 823. The number of rotatable bonds is 5. The second kappa shape index (κ2) is 7.26. The Morgan fingerprint density at radius 1 is 1.19 bits per heavy atom. The van der Waals surface area contributed by atoms with Gasteiger partial charge in [-0.1, -0.05) is 26.0 Å². The number of benzene rings is 1. The van der Waals surface area contributed by atoms with Crippen LogP contribution in [0.1, 0.15) is 54.5 Å². The molecule has 1 fully saturated rings. The molecule has 1 aliphatic carbocycles. The molecule has 1 unspecified atom stereocenters. The van der Waals surface area contributed by atoms with E-state index in [4.69, 9.17) is 0 Å². The highest BCUT2D eigenvalue weighted by Crippen LogP contribution is 2.36. The third-order valence-corrected chi connectivity index (χ3v) is 6.22. The van der Waals surface area contributed by atoms with Crippen molar-refractivity contribution in [3.05, 3.63) is 40.4 Å². The van der Waals surface area contributed by atoms with E-state index in [0.717, 1.165) is 25.0 Å². The Morgan fingerprint density at radius 2 is 1.78 bits per heavy atom. The van der Waals surface area contributed by atoms with Gasteiger partial charge in [-0.3, -0.25) is 4.79 Å². The molecule has 0 bridgehead atoms. The van der Waals surface area contributed by atoms with E-state index in [9.17, 15) is 18.0 Å². The quantitative estimate of drug-likeness (QED) is 0.641. The van der Waals surface area contributed by atoms with Gasteiger partial charge in [-0.05, 0) is 44.7 Å². The summed E-state index contributed by atoms with van der Waals surface area (Å²) in [5.74, 6) is 0.323. The highest BCUT2D eigenvalue weighted by atomic mass is 32.1. The third-order valence-electron chi connectivity index (χ3n) is 5.03. The van der Waals surface area contributed by atoms with E-state index in [1.54, 1.807) is 6.92 Å². The first kappa shape index (κ1) is 19.9. The van der Waals surface area contributed by atoms with Gasteiger partial charge in [0.15, 0.2) is 0 Å². The SMILES string of the molecule is Cc1nc(-c2ccc(C(F)(F)F)cc2)sc1C(=O)N(C1CC1)C(C)C(C)C. The maximum Gasteiger partial charge on any atom is 0.416 e. The Balaban J connectivity index is 1.88. The van der Waals surface area contributed by atoms with E-state index in [1.165, 1.54) is 23.5 Å². The van der Waals surface area contributed by atoms with Crippen LogP contribution in [0.5, 0.6) is 0 Å². The van der Waals surface area contributed by atoms with Crippen LogP contribution in [-0.4, -0.2) is 27.9 Å². The van der Waals surface area contributed by atoms with E-state index in [2.05, 4.69) is 25.8 Å². The zero-order valence-electron chi connectivity index (χ0n) is 15.8. The number of carbonyl (C=O) groups excluding carboxylic acids is 1. The van der Waals surface area contributed by atoms with Crippen LogP contribution in [0.3, 0.4) is 0 Å². The van der Waals surface area contributed by atoms with Gasteiger partial charge in [-0.25, -0.2) is 4.98 Å². The highest BCUT2D eigenvalue weighted by molar-refractivity contribution is 7.17. The molecule has 7 heteroatoms. The smallest absolute Gasteiger partial charge is 0.332 e. The number of hydrogen-bond acceptors (Lipinski definition) is 3. The number of alkyl halides is 3. The summed E-state index contributed by atoms with van der Waals surface area (Å²) in [6, 6.07) is 5.32. The minimum absolute atomic E-state index is 0.0214. The molecule has 0 aliphatic heterocycles. The van der Waals surface area contributed by atoms with Crippen molar-refractivity contribution in [1.29, 1.82) is 0 Å². The average molecular weight is 396 g/mol. The number of hydrogen-bond donors (Lipinski definition) is 0. The summed E-state index contributed by atoms with van der Waals surface area (Å²) in [5.41, 5.74) is 0.521. The number of halogens is 3. The number of thiazole rings is 1. The predicted octanol–water partition coefficient (Wildman–Crippen LogP) is 5.79. The monoisotopic (exact) mass is 396 g/mol. The molecule has 0 N–H and O–H groups in total. The molecule has 2 aromatic rings. The Kier molecular flexibility index (Phi) is 5.34. The van der Waals surface area contributed by atoms with E-state index in [1.807, 2.05) is 4.90 Å². The van der Waals surface area contributed by atoms with Gasteiger partial charge in [0, 0.05) is 17.6 Å². The summed E-state index contributed by atoms with van der Waals surface area (Å²) < 4.78 is 38.2. The summed E-state index contributed by atoms with van der Waals surface area (Å²) in [6.45, 7) is 8.04. The molecule has 1 aliphatic rings. The van der Waals surface area contributed by atoms with Gasteiger partial charge < -0.3 is 4.90 Å². The maximum absolute atomic E-state index is 13.2. The lowest BCUT2D eigenvalue weighted by molar-refractivity contribution is -0.137. The molecule has 3 rings (SSSR count). The zero-order chi connectivity index (χ0) is 19.9. The fourth-order valence-electron chi connectivity index (χ4n) is 2.99. The Hall–Kier alpha value is -1.89. The number of nitrogens with zero attached hydrogens (tertiary/aromatic N) is 2. The molecule has 146 valence electrons. The van der Waals surface area contributed by atoms with Crippen molar-refractivity contribution < 1.29 is 18.0 Å². The van der Waals surface area contributed by atoms with Crippen LogP contribution < -0.4 is 0 Å². The molecular weight excluding hydrogens is 373 g/mol. The first-order chi connectivity index (χ1) is 12.6. The summed E-state index contributed by atoms with van der Waals surface area (Å²) in [4.78, 5) is 20.2. The number of carbonyl (C=O) groups is 1. The van der Waals surface area contributed by atoms with Crippen molar-refractivity contribution in [3.8, 4) is 10.6 Å². The number of aryl methyl sites for hydroxylation is 1. The van der Waals surface area contributed by atoms with Crippen LogP contribution in [0.2, 0.25) is 0 Å². The molecular formula is C20H23F3N2OS. The van der Waals surface area contributed by atoms with E-state index >= 15 is 0 Å². The largest absolute Gasteiger partial charge is 0.416 e. The topological polar surface area (TPSA) is 33.2 Å². The zero-order valence-corrected chi connectivity index (χ0v) is 16.6. The highest BCUT2D eigenvalue weighted by Gasteiger charge is 2.38. The van der Waals surface area contributed by atoms with Gasteiger partial charge in [0.1, 0.15) is 9.88 Å². The van der Waals surface area contributed by atoms with Crippen molar-refractivity contribution >= 4 is 17.2 Å². The fourth-order valence-corrected chi connectivity index (χ4v) is 4.01. The van der Waals surface area contributed by atoms with Crippen LogP contribution >= 0.6 is 11.3 Å². The van der Waals surface area contributed by atoms with Crippen molar-refractivity contribution in [2.24, 2.45) is 5.92 Å². The van der Waals surface area contributed by atoms with Crippen molar-refractivity contribution in [2.45, 2.75) is 58.8 Å². The van der Waals surface area contributed by atoms with E-state index < -0.39 is 11.7 Å². The lowest BCUT2D eigenvalue weighted by Gasteiger charge is -2.31. The molecule has 1 saturated carbocycles. The van der Waals surface area contributed by atoms with Crippen molar-refractivity contribution in [2.75, 3.05) is 0 Å². The lowest BCUT2D eigenvalue weighted by atomic mass is 10.0. The molecule has 1 heterocycles. The first-order valence-electron chi connectivity index (χ1n) is 9.07. The average Bonchev–Trinajstić information content (AvgIpc) is 3.35.